The third-order valence-corrected chi connectivity index (χ3v) is 4.09. The Morgan fingerprint density at radius 3 is 3.16 bits per heavy atom. The summed E-state index contributed by atoms with van der Waals surface area (Å²) in [6, 6.07) is 8.53. The minimum atomic E-state index is 0.301. The van der Waals surface area contributed by atoms with Gasteiger partial charge in [-0.25, -0.2) is 0 Å². The van der Waals surface area contributed by atoms with E-state index in [9.17, 15) is 0 Å². The first-order valence-corrected chi connectivity index (χ1v) is 7.39. The maximum absolute atomic E-state index is 5.78. The number of hydrogen-bond donors (Lipinski definition) is 1. The molecule has 1 aliphatic heterocycles. The van der Waals surface area contributed by atoms with Crippen molar-refractivity contribution < 1.29 is 9.47 Å². The van der Waals surface area contributed by atoms with Gasteiger partial charge in [0, 0.05) is 18.1 Å². The molecule has 2 aromatic rings. The second-order valence-electron chi connectivity index (χ2n) is 4.58. The number of benzene rings is 1. The maximum atomic E-state index is 5.78. The van der Waals surface area contributed by atoms with Gasteiger partial charge in [0.15, 0.2) is 0 Å². The molecular weight excluding hydrogens is 258 g/mol. The summed E-state index contributed by atoms with van der Waals surface area (Å²) >= 11 is 1.72. The van der Waals surface area contributed by atoms with Crippen molar-refractivity contribution in [3.8, 4) is 11.5 Å². The fourth-order valence-electron chi connectivity index (χ4n) is 2.24. The first-order valence-electron chi connectivity index (χ1n) is 6.44. The lowest BCUT2D eigenvalue weighted by molar-refractivity contribution is 0.308. The van der Waals surface area contributed by atoms with Crippen LogP contribution in [0.2, 0.25) is 0 Å². The Bertz CT molecular complexity index is 539. The Morgan fingerprint density at radius 1 is 1.42 bits per heavy atom. The minimum Gasteiger partial charge on any atom is -0.493 e. The van der Waals surface area contributed by atoms with Crippen LogP contribution in [0.25, 0.3) is 0 Å². The van der Waals surface area contributed by atoms with Crippen LogP contribution in [-0.4, -0.2) is 20.3 Å². The molecule has 0 spiro atoms. The second-order valence-corrected chi connectivity index (χ2v) is 5.36. The topological polar surface area (TPSA) is 30.5 Å². The van der Waals surface area contributed by atoms with E-state index in [1.807, 2.05) is 19.2 Å². The molecule has 0 amide bonds. The number of nitrogens with one attached hydrogen (secondary N) is 1. The van der Waals surface area contributed by atoms with Gasteiger partial charge in [-0.15, -0.1) is 0 Å². The van der Waals surface area contributed by atoms with Crippen LogP contribution in [0.3, 0.4) is 0 Å². The van der Waals surface area contributed by atoms with Crippen LogP contribution in [-0.2, 0) is 6.42 Å². The van der Waals surface area contributed by atoms with Gasteiger partial charge >= 0.3 is 0 Å². The number of rotatable bonds is 5. The van der Waals surface area contributed by atoms with E-state index < -0.39 is 0 Å². The molecule has 4 heteroatoms. The van der Waals surface area contributed by atoms with E-state index in [0.717, 1.165) is 17.9 Å². The number of hydrogen-bond acceptors (Lipinski definition) is 4. The van der Waals surface area contributed by atoms with Crippen molar-refractivity contribution in [1.82, 2.24) is 5.32 Å². The molecule has 19 heavy (non-hydrogen) atoms. The average Bonchev–Trinajstić information content (AvgIpc) is 3.07. The number of ether oxygens (including phenoxy) is 2. The molecule has 0 saturated heterocycles. The predicted octanol–water partition coefficient (Wildman–Crippen LogP) is 3.02. The third-order valence-electron chi connectivity index (χ3n) is 3.35. The second kappa shape index (κ2) is 5.63. The van der Waals surface area contributed by atoms with Gasteiger partial charge in [0.1, 0.15) is 18.1 Å². The molecular formula is C15H17NO2S. The highest BCUT2D eigenvalue weighted by Crippen LogP contribution is 2.34. The maximum Gasteiger partial charge on any atom is 0.127 e. The van der Waals surface area contributed by atoms with Crippen LogP contribution < -0.4 is 14.8 Å². The smallest absolute Gasteiger partial charge is 0.127 e. The van der Waals surface area contributed by atoms with Crippen molar-refractivity contribution in [3.63, 3.8) is 0 Å². The lowest BCUT2D eigenvalue weighted by Gasteiger charge is -2.08. The molecule has 0 fully saturated rings. The quantitative estimate of drug-likeness (QED) is 0.910. The molecule has 2 heterocycles. The van der Waals surface area contributed by atoms with Gasteiger partial charge in [0.25, 0.3) is 0 Å². The number of thiophene rings is 1. The van der Waals surface area contributed by atoms with Crippen molar-refractivity contribution in [2.24, 2.45) is 0 Å². The van der Waals surface area contributed by atoms with Gasteiger partial charge in [-0.1, -0.05) is 0 Å². The largest absolute Gasteiger partial charge is 0.493 e. The van der Waals surface area contributed by atoms with Crippen molar-refractivity contribution in [2.45, 2.75) is 12.5 Å². The zero-order valence-electron chi connectivity index (χ0n) is 10.9. The zero-order valence-corrected chi connectivity index (χ0v) is 11.7. The highest BCUT2D eigenvalue weighted by atomic mass is 32.1. The Hall–Kier alpha value is -1.52. The first-order chi connectivity index (χ1) is 9.36. The molecule has 0 aliphatic carbocycles. The van der Waals surface area contributed by atoms with Gasteiger partial charge in [-0.05, 0) is 41.6 Å². The Kier molecular flexibility index (Phi) is 3.71. The van der Waals surface area contributed by atoms with Crippen LogP contribution in [0, 0.1) is 0 Å². The van der Waals surface area contributed by atoms with Crippen LogP contribution in [0.4, 0.5) is 0 Å². The van der Waals surface area contributed by atoms with Crippen LogP contribution in [0.15, 0.2) is 35.0 Å². The monoisotopic (exact) mass is 275 g/mol. The summed E-state index contributed by atoms with van der Waals surface area (Å²) in [7, 11) is 1.95. The molecule has 1 atom stereocenters. The fourth-order valence-corrected chi connectivity index (χ4v) is 2.94. The van der Waals surface area contributed by atoms with E-state index >= 15 is 0 Å². The normalized spacial score (nSPS) is 17.0. The predicted molar refractivity (Wildman–Crippen MR) is 77.3 cm³/mol. The third kappa shape index (κ3) is 2.74. The van der Waals surface area contributed by atoms with E-state index in [1.165, 1.54) is 11.1 Å². The minimum absolute atomic E-state index is 0.301. The molecule has 3 nitrogen and oxygen atoms in total. The molecule has 1 aromatic carbocycles. The standard InChI is InChI=1S/C15H17NO2S/c1-16-14-9-18-15-8-12(2-3-13(14)15)17-6-4-11-5-7-19-10-11/h2-3,5,7-8,10,14,16H,4,6,9H2,1H3. The summed E-state index contributed by atoms with van der Waals surface area (Å²) in [6.45, 7) is 1.40. The summed E-state index contributed by atoms with van der Waals surface area (Å²) in [5.41, 5.74) is 2.55. The van der Waals surface area contributed by atoms with E-state index in [-0.39, 0.29) is 0 Å². The van der Waals surface area contributed by atoms with Crippen LogP contribution in [0.5, 0.6) is 11.5 Å². The number of likely N-dealkylation sites (N-methyl/N-ethyl adjacent to an activating group) is 1. The van der Waals surface area contributed by atoms with Gasteiger partial charge in [-0.3, -0.25) is 0 Å². The molecule has 1 unspecified atom stereocenters. The summed E-state index contributed by atoms with van der Waals surface area (Å²) in [6.07, 6.45) is 0.945. The molecule has 1 N–H and O–H groups in total. The van der Waals surface area contributed by atoms with E-state index in [1.54, 1.807) is 11.3 Å². The molecule has 3 rings (SSSR count). The number of fused-ring (bicyclic) bond motifs is 1. The Labute approximate surface area is 117 Å². The first kappa shape index (κ1) is 12.5. The molecule has 1 aromatic heterocycles. The van der Waals surface area contributed by atoms with E-state index in [4.69, 9.17) is 9.47 Å². The van der Waals surface area contributed by atoms with Crippen molar-refractivity contribution in [1.29, 1.82) is 0 Å². The van der Waals surface area contributed by atoms with Gasteiger partial charge < -0.3 is 14.8 Å². The van der Waals surface area contributed by atoms with Crippen molar-refractivity contribution in [2.75, 3.05) is 20.3 Å². The highest BCUT2D eigenvalue weighted by Gasteiger charge is 2.22. The Balaban J connectivity index is 1.60. The molecule has 1 aliphatic rings. The highest BCUT2D eigenvalue weighted by molar-refractivity contribution is 7.07. The molecule has 0 radical (unpaired) electrons. The van der Waals surface area contributed by atoms with Crippen LogP contribution >= 0.6 is 11.3 Å². The summed E-state index contributed by atoms with van der Waals surface area (Å²) in [5, 5.41) is 7.49. The van der Waals surface area contributed by atoms with E-state index in [2.05, 4.69) is 28.2 Å². The van der Waals surface area contributed by atoms with Gasteiger partial charge in [-0.2, -0.15) is 11.3 Å². The fraction of sp³-hybridized carbons (Fsp3) is 0.333. The molecule has 0 saturated carbocycles. The van der Waals surface area contributed by atoms with Crippen LogP contribution in [0.1, 0.15) is 17.2 Å². The molecule has 0 bridgehead atoms. The van der Waals surface area contributed by atoms with Gasteiger partial charge in [0.05, 0.1) is 12.6 Å². The SMILES string of the molecule is CNC1COc2cc(OCCc3ccsc3)ccc21. The Morgan fingerprint density at radius 2 is 2.37 bits per heavy atom. The summed E-state index contributed by atoms with van der Waals surface area (Å²) < 4.78 is 11.4. The summed E-state index contributed by atoms with van der Waals surface area (Å²) in [5.74, 6) is 1.82. The average molecular weight is 275 g/mol. The van der Waals surface area contributed by atoms with Crippen molar-refractivity contribution >= 4 is 11.3 Å². The van der Waals surface area contributed by atoms with Crippen molar-refractivity contribution in [3.05, 3.63) is 46.2 Å². The summed E-state index contributed by atoms with van der Waals surface area (Å²) in [4.78, 5) is 0. The lowest BCUT2D eigenvalue weighted by Crippen LogP contribution is -2.17. The molecule has 100 valence electrons. The van der Waals surface area contributed by atoms with Gasteiger partial charge in [0.2, 0.25) is 0 Å². The lowest BCUT2D eigenvalue weighted by atomic mass is 10.1. The van der Waals surface area contributed by atoms with E-state index in [0.29, 0.717) is 19.3 Å². The zero-order chi connectivity index (χ0) is 13.1.